The van der Waals surface area contributed by atoms with Crippen LogP contribution in [0.25, 0.3) is 0 Å². The van der Waals surface area contributed by atoms with Gasteiger partial charge in [-0.15, -0.1) is 0 Å². The van der Waals surface area contributed by atoms with Crippen molar-refractivity contribution < 1.29 is 19.1 Å². The number of nitrogens with one attached hydrogen (secondary N) is 1. The van der Waals surface area contributed by atoms with E-state index in [1.54, 1.807) is 24.3 Å². The number of halogens is 1. The first-order valence-corrected chi connectivity index (χ1v) is 10.2. The number of carbonyl (C=O) groups excluding carboxylic acids is 2. The van der Waals surface area contributed by atoms with Gasteiger partial charge in [-0.2, -0.15) is 0 Å². The number of ether oxygens (including phenoxy) is 2. The molecule has 0 fully saturated rings. The first-order valence-electron chi connectivity index (χ1n) is 9.40. The Morgan fingerprint density at radius 3 is 2.10 bits per heavy atom. The average molecular weight is 468 g/mol. The number of amides is 1. The lowest BCUT2D eigenvalue weighted by molar-refractivity contribution is -0.136. The molecule has 0 saturated carbocycles. The summed E-state index contributed by atoms with van der Waals surface area (Å²) in [5.74, 6) is 0.257. The van der Waals surface area contributed by atoms with Gasteiger partial charge in [0.15, 0.2) is 6.61 Å². The predicted octanol–water partition coefficient (Wildman–Crippen LogP) is 5.61. The maximum absolute atomic E-state index is 12.3. The molecule has 0 bridgehead atoms. The highest BCUT2D eigenvalue weighted by Crippen LogP contribution is 2.27. The van der Waals surface area contributed by atoms with Crippen molar-refractivity contribution in [3.8, 4) is 11.5 Å². The zero-order valence-electron chi connectivity index (χ0n) is 17.0. The van der Waals surface area contributed by atoms with Crippen LogP contribution in [0.15, 0.2) is 65.1 Å². The molecule has 0 unspecified atom stereocenters. The molecule has 1 amide bonds. The van der Waals surface area contributed by atoms with Gasteiger partial charge in [0, 0.05) is 15.7 Å². The molecule has 0 atom stereocenters. The number of aryl methyl sites for hydroxylation is 3. The van der Waals surface area contributed by atoms with E-state index in [0.29, 0.717) is 17.1 Å². The van der Waals surface area contributed by atoms with Gasteiger partial charge < -0.3 is 14.8 Å². The maximum Gasteiger partial charge on any atom is 0.349 e. The van der Waals surface area contributed by atoms with Gasteiger partial charge >= 0.3 is 5.97 Å². The van der Waals surface area contributed by atoms with Crippen molar-refractivity contribution in [1.82, 2.24) is 0 Å². The molecule has 3 aromatic carbocycles. The van der Waals surface area contributed by atoms with Crippen molar-refractivity contribution in [3.05, 3.63) is 87.4 Å². The topological polar surface area (TPSA) is 64.6 Å². The molecule has 0 spiro atoms. The molecule has 6 heteroatoms. The Kier molecular flexibility index (Phi) is 6.90. The number of anilines is 1. The van der Waals surface area contributed by atoms with E-state index in [0.717, 1.165) is 26.9 Å². The zero-order valence-corrected chi connectivity index (χ0v) is 18.6. The predicted molar refractivity (Wildman–Crippen MR) is 120 cm³/mol. The second-order valence-corrected chi connectivity index (χ2v) is 7.89. The van der Waals surface area contributed by atoms with E-state index in [4.69, 9.17) is 9.47 Å². The molecule has 0 aromatic heterocycles. The Bertz CT molecular complexity index is 1040. The van der Waals surface area contributed by atoms with Crippen molar-refractivity contribution in [2.24, 2.45) is 0 Å². The number of esters is 1. The number of benzene rings is 3. The molecule has 3 aromatic rings. The summed E-state index contributed by atoms with van der Waals surface area (Å²) in [6, 6.07) is 17.8. The first kappa shape index (κ1) is 21.6. The van der Waals surface area contributed by atoms with Crippen LogP contribution in [0.3, 0.4) is 0 Å². The molecule has 30 heavy (non-hydrogen) atoms. The number of hydrogen-bond acceptors (Lipinski definition) is 4. The number of carbonyl (C=O) groups is 2. The molecule has 154 valence electrons. The van der Waals surface area contributed by atoms with Crippen LogP contribution in [0, 0.1) is 20.8 Å². The number of rotatable bonds is 6. The van der Waals surface area contributed by atoms with Crippen LogP contribution in [0.1, 0.15) is 27.0 Å². The molecule has 0 radical (unpaired) electrons. The lowest BCUT2D eigenvalue weighted by atomic mass is 10.1. The van der Waals surface area contributed by atoms with Crippen molar-refractivity contribution >= 4 is 33.5 Å². The second-order valence-electron chi connectivity index (χ2n) is 6.98. The molecule has 0 aliphatic heterocycles. The molecule has 0 aliphatic rings. The summed E-state index contributed by atoms with van der Waals surface area (Å²) in [7, 11) is 0. The summed E-state index contributed by atoms with van der Waals surface area (Å²) in [5, 5.41) is 2.83. The van der Waals surface area contributed by atoms with Crippen molar-refractivity contribution in [2.45, 2.75) is 20.8 Å². The molecule has 1 N–H and O–H groups in total. The van der Waals surface area contributed by atoms with Crippen LogP contribution in [0.5, 0.6) is 11.5 Å². The second kappa shape index (κ2) is 9.59. The molecule has 0 heterocycles. The van der Waals surface area contributed by atoms with E-state index in [2.05, 4.69) is 21.2 Å². The van der Waals surface area contributed by atoms with Crippen LogP contribution in [0.2, 0.25) is 0 Å². The highest BCUT2D eigenvalue weighted by molar-refractivity contribution is 9.10. The van der Waals surface area contributed by atoms with Gasteiger partial charge in [-0.1, -0.05) is 33.6 Å². The van der Waals surface area contributed by atoms with Crippen LogP contribution < -0.4 is 14.8 Å². The van der Waals surface area contributed by atoms with Gasteiger partial charge in [0.2, 0.25) is 0 Å². The highest BCUT2D eigenvalue weighted by atomic mass is 79.9. The van der Waals surface area contributed by atoms with Gasteiger partial charge in [-0.25, -0.2) is 4.79 Å². The monoisotopic (exact) mass is 467 g/mol. The minimum Gasteiger partial charge on any atom is -0.481 e. The minimum absolute atomic E-state index is 0.209. The maximum atomic E-state index is 12.3. The standard InChI is InChI=1S/C24H22BrNO4/c1-15-4-8-20(9-5-15)26-24(28)18-6-10-21(11-7-18)30-22(27)14-29-23-16(2)12-19(25)13-17(23)3/h4-13H,14H2,1-3H3,(H,26,28). The summed E-state index contributed by atoms with van der Waals surface area (Å²) in [6.45, 7) is 5.61. The average Bonchev–Trinajstić information content (AvgIpc) is 2.69. The summed E-state index contributed by atoms with van der Waals surface area (Å²) in [5.41, 5.74) is 4.16. The lowest BCUT2D eigenvalue weighted by Crippen LogP contribution is -2.18. The molecule has 3 rings (SSSR count). The molecule has 5 nitrogen and oxygen atoms in total. The Balaban J connectivity index is 1.55. The highest BCUT2D eigenvalue weighted by Gasteiger charge is 2.12. The Morgan fingerprint density at radius 1 is 0.900 bits per heavy atom. The normalized spacial score (nSPS) is 10.4. The van der Waals surface area contributed by atoms with Crippen LogP contribution >= 0.6 is 15.9 Å². The third-order valence-electron chi connectivity index (χ3n) is 4.42. The fourth-order valence-electron chi connectivity index (χ4n) is 2.93. The summed E-state index contributed by atoms with van der Waals surface area (Å²) in [6.07, 6.45) is 0. The van der Waals surface area contributed by atoms with Gasteiger partial charge in [0.05, 0.1) is 0 Å². The summed E-state index contributed by atoms with van der Waals surface area (Å²) >= 11 is 3.43. The largest absolute Gasteiger partial charge is 0.481 e. The minimum atomic E-state index is -0.520. The van der Waals surface area contributed by atoms with Gasteiger partial charge in [-0.3, -0.25) is 4.79 Å². The Labute approximate surface area is 184 Å². The molecular formula is C24H22BrNO4. The SMILES string of the molecule is Cc1ccc(NC(=O)c2ccc(OC(=O)COc3c(C)cc(Br)cc3C)cc2)cc1. The third kappa shape index (κ3) is 5.70. The van der Waals surface area contributed by atoms with E-state index >= 15 is 0 Å². The number of hydrogen-bond donors (Lipinski definition) is 1. The molecule has 0 saturated heterocycles. The summed E-state index contributed by atoms with van der Waals surface area (Å²) < 4.78 is 11.9. The quantitative estimate of drug-likeness (QED) is 0.377. The summed E-state index contributed by atoms with van der Waals surface area (Å²) in [4.78, 5) is 24.5. The van der Waals surface area contributed by atoms with E-state index in [1.165, 1.54) is 0 Å². The van der Waals surface area contributed by atoms with Crippen LogP contribution in [0.4, 0.5) is 5.69 Å². The van der Waals surface area contributed by atoms with E-state index in [9.17, 15) is 9.59 Å². The zero-order chi connectivity index (χ0) is 21.7. The van der Waals surface area contributed by atoms with Crippen molar-refractivity contribution in [2.75, 3.05) is 11.9 Å². The van der Waals surface area contributed by atoms with E-state index in [1.807, 2.05) is 57.2 Å². The van der Waals surface area contributed by atoms with Crippen molar-refractivity contribution in [1.29, 1.82) is 0 Å². The van der Waals surface area contributed by atoms with Crippen LogP contribution in [-0.4, -0.2) is 18.5 Å². The fourth-order valence-corrected chi connectivity index (χ4v) is 3.62. The van der Waals surface area contributed by atoms with Crippen LogP contribution in [-0.2, 0) is 4.79 Å². The van der Waals surface area contributed by atoms with E-state index in [-0.39, 0.29) is 12.5 Å². The first-order chi connectivity index (χ1) is 14.3. The van der Waals surface area contributed by atoms with Gasteiger partial charge in [0.1, 0.15) is 11.5 Å². The van der Waals surface area contributed by atoms with Gasteiger partial charge in [-0.05, 0) is 80.4 Å². The van der Waals surface area contributed by atoms with Crippen molar-refractivity contribution in [3.63, 3.8) is 0 Å². The Hall–Kier alpha value is -3.12. The fraction of sp³-hybridized carbons (Fsp3) is 0.167. The van der Waals surface area contributed by atoms with Gasteiger partial charge in [0.25, 0.3) is 5.91 Å². The molecular weight excluding hydrogens is 446 g/mol. The lowest BCUT2D eigenvalue weighted by Gasteiger charge is -2.12. The smallest absolute Gasteiger partial charge is 0.349 e. The molecule has 0 aliphatic carbocycles. The Morgan fingerprint density at radius 2 is 1.50 bits per heavy atom. The van der Waals surface area contributed by atoms with E-state index < -0.39 is 5.97 Å². The third-order valence-corrected chi connectivity index (χ3v) is 4.87.